The Morgan fingerprint density at radius 3 is 2.62 bits per heavy atom. The smallest absolute Gasteiger partial charge is 0.124 e. The second kappa shape index (κ2) is 6.85. The molecule has 1 atom stereocenters. The Morgan fingerprint density at radius 1 is 1.25 bits per heavy atom. The topological polar surface area (TPSA) is 18.5 Å². The van der Waals surface area contributed by atoms with Gasteiger partial charge in [-0.25, -0.2) is 0 Å². The molecule has 0 fully saturated rings. The normalized spacial score (nSPS) is 11.8. The lowest BCUT2D eigenvalue weighted by atomic mass is 10.1. The van der Waals surface area contributed by atoms with Crippen LogP contribution in [0.3, 0.4) is 0 Å². The van der Waals surface area contributed by atoms with Crippen LogP contribution in [-0.2, 0) is 4.74 Å². The third-order valence-corrected chi connectivity index (χ3v) is 2.28. The zero-order valence-corrected chi connectivity index (χ0v) is 9.69. The number of hydrogen-bond donors (Lipinski definition) is 0. The van der Waals surface area contributed by atoms with Crippen LogP contribution in [0.5, 0.6) is 5.75 Å². The lowest BCUT2D eigenvalue weighted by molar-refractivity contribution is 0.0746. The number of ether oxygens (including phenoxy) is 2. The van der Waals surface area contributed by atoms with Crippen molar-refractivity contribution in [3.63, 3.8) is 0 Å². The Bertz CT molecular complexity index is 344. The van der Waals surface area contributed by atoms with Crippen molar-refractivity contribution in [2.24, 2.45) is 0 Å². The summed E-state index contributed by atoms with van der Waals surface area (Å²) in [5.74, 6) is 0.846. The van der Waals surface area contributed by atoms with Crippen LogP contribution >= 0.6 is 0 Å². The Hall–Kier alpha value is -1.54. The first-order valence-corrected chi connectivity index (χ1v) is 5.29. The monoisotopic (exact) mass is 218 g/mol. The van der Waals surface area contributed by atoms with Gasteiger partial charge >= 0.3 is 0 Å². The molecule has 0 amide bonds. The average molecular weight is 218 g/mol. The summed E-state index contributed by atoms with van der Waals surface area (Å²) in [6, 6.07) is 7.87. The number of rotatable bonds is 7. The minimum absolute atomic E-state index is 0.0216. The lowest BCUT2D eigenvalue weighted by Crippen LogP contribution is -2.05. The van der Waals surface area contributed by atoms with E-state index in [-0.39, 0.29) is 6.10 Å². The van der Waals surface area contributed by atoms with E-state index in [1.54, 1.807) is 13.2 Å². The van der Waals surface area contributed by atoms with E-state index in [9.17, 15) is 0 Å². The molecule has 1 aromatic rings. The Morgan fingerprint density at radius 2 is 2.00 bits per heavy atom. The molecular weight excluding hydrogens is 200 g/mol. The van der Waals surface area contributed by atoms with Gasteiger partial charge in [-0.1, -0.05) is 30.4 Å². The second-order valence-electron chi connectivity index (χ2n) is 3.38. The third-order valence-electron chi connectivity index (χ3n) is 2.28. The largest absolute Gasteiger partial charge is 0.496 e. The molecule has 0 aliphatic heterocycles. The van der Waals surface area contributed by atoms with Gasteiger partial charge in [0.15, 0.2) is 0 Å². The van der Waals surface area contributed by atoms with Crippen LogP contribution in [0, 0.1) is 0 Å². The summed E-state index contributed by atoms with van der Waals surface area (Å²) in [6.07, 6.45) is 4.33. The predicted octanol–water partition coefficient (Wildman–Crippen LogP) is 3.52. The van der Waals surface area contributed by atoms with Gasteiger partial charge < -0.3 is 9.47 Å². The van der Waals surface area contributed by atoms with Gasteiger partial charge in [-0.2, -0.15) is 0 Å². The van der Waals surface area contributed by atoms with Crippen molar-refractivity contribution in [3.05, 3.63) is 55.1 Å². The fourth-order valence-corrected chi connectivity index (χ4v) is 1.55. The molecule has 0 saturated heterocycles. The number of hydrogen-bond acceptors (Lipinski definition) is 2. The maximum Gasteiger partial charge on any atom is 0.124 e. The predicted molar refractivity (Wildman–Crippen MR) is 66.7 cm³/mol. The van der Waals surface area contributed by atoms with Crippen LogP contribution in [-0.4, -0.2) is 13.7 Å². The Kier molecular flexibility index (Phi) is 5.37. The Labute approximate surface area is 97.2 Å². The van der Waals surface area contributed by atoms with E-state index in [2.05, 4.69) is 13.2 Å². The van der Waals surface area contributed by atoms with E-state index >= 15 is 0 Å². The summed E-state index contributed by atoms with van der Waals surface area (Å²) in [5, 5.41) is 0. The molecule has 16 heavy (non-hydrogen) atoms. The van der Waals surface area contributed by atoms with Crippen LogP contribution in [0.2, 0.25) is 0 Å². The van der Waals surface area contributed by atoms with Gasteiger partial charge in [-0.05, 0) is 12.5 Å². The highest BCUT2D eigenvalue weighted by Crippen LogP contribution is 2.29. The minimum Gasteiger partial charge on any atom is -0.496 e. The summed E-state index contributed by atoms with van der Waals surface area (Å²) in [7, 11) is 1.66. The van der Waals surface area contributed by atoms with E-state index in [1.165, 1.54) is 0 Å². The van der Waals surface area contributed by atoms with Gasteiger partial charge in [0.25, 0.3) is 0 Å². The zero-order chi connectivity index (χ0) is 11.8. The molecule has 0 N–H and O–H groups in total. The van der Waals surface area contributed by atoms with Gasteiger partial charge in [0, 0.05) is 5.56 Å². The van der Waals surface area contributed by atoms with Crippen molar-refractivity contribution in [2.75, 3.05) is 13.7 Å². The highest BCUT2D eigenvalue weighted by atomic mass is 16.5. The lowest BCUT2D eigenvalue weighted by Gasteiger charge is -2.18. The number of methoxy groups -OCH3 is 1. The van der Waals surface area contributed by atoms with Crippen LogP contribution in [0.25, 0.3) is 0 Å². The van der Waals surface area contributed by atoms with Gasteiger partial charge in [0.2, 0.25) is 0 Å². The SMILES string of the molecule is C=CCOC(CC=C)c1ccccc1OC. The average Bonchev–Trinajstić information content (AvgIpc) is 2.34. The molecule has 2 heteroatoms. The van der Waals surface area contributed by atoms with Crippen molar-refractivity contribution in [1.29, 1.82) is 0 Å². The zero-order valence-electron chi connectivity index (χ0n) is 9.69. The van der Waals surface area contributed by atoms with Crippen LogP contribution in [0.1, 0.15) is 18.1 Å². The fraction of sp³-hybridized carbons (Fsp3) is 0.286. The molecule has 0 aromatic heterocycles. The molecule has 0 aliphatic rings. The van der Waals surface area contributed by atoms with E-state index in [0.717, 1.165) is 17.7 Å². The van der Waals surface area contributed by atoms with Crippen LogP contribution < -0.4 is 4.74 Å². The molecule has 0 aliphatic carbocycles. The summed E-state index contributed by atoms with van der Waals surface area (Å²) in [6.45, 7) is 7.91. The first-order valence-electron chi connectivity index (χ1n) is 5.29. The molecule has 0 heterocycles. The van der Waals surface area contributed by atoms with Gasteiger partial charge in [-0.15, -0.1) is 13.2 Å². The van der Waals surface area contributed by atoms with E-state index < -0.39 is 0 Å². The number of benzene rings is 1. The summed E-state index contributed by atoms with van der Waals surface area (Å²) in [4.78, 5) is 0. The van der Waals surface area contributed by atoms with Crippen LogP contribution in [0.15, 0.2) is 49.6 Å². The highest BCUT2D eigenvalue weighted by molar-refractivity contribution is 5.35. The third kappa shape index (κ3) is 3.24. The molecule has 1 rings (SSSR count). The minimum atomic E-state index is -0.0216. The molecule has 86 valence electrons. The molecule has 0 spiro atoms. The molecule has 1 unspecified atom stereocenters. The number of para-hydroxylation sites is 1. The van der Waals surface area contributed by atoms with E-state index in [4.69, 9.17) is 9.47 Å². The Balaban J connectivity index is 2.89. The second-order valence-corrected chi connectivity index (χ2v) is 3.38. The maximum atomic E-state index is 5.69. The highest BCUT2D eigenvalue weighted by Gasteiger charge is 2.14. The maximum absolute atomic E-state index is 5.69. The molecule has 1 aromatic carbocycles. The first-order chi connectivity index (χ1) is 7.83. The standard InChI is InChI=1S/C14H18O2/c1-4-8-14(16-11-5-2)12-9-6-7-10-13(12)15-3/h4-7,9-10,14H,1-2,8,11H2,3H3. The fourth-order valence-electron chi connectivity index (χ4n) is 1.55. The van der Waals surface area contributed by atoms with Crippen molar-refractivity contribution < 1.29 is 9.47 Å². The summed E-state index contributed by atoms with van der Waals surface area (Å²) >= 11 is 0. The quantitative estimate of drug-likeness (QED) is 0.652. The summed E-state index contributed by atoms with van der Waals surface area (Å²) < 4.78 is 11.0. The van der Waals surface area contributed by atoms with Gasteiger partial charge in [0.05, 0.1) is 19.8 Å². The van der Waals surface area contributed by atoms with E-state index in [1.807, 2.05) is 30.3 Å². The van der Waals surface area contributed by atoms with Crippen molar-refractivity contribution in [3.8, 4) is 5.75 Å². The van der Waals surface area contributed by atoms with Crippen molar-refractivity contribution >= 4 is 0 Å². The van der Waals surface area contributed by atoms with Gasteiger partial charge in [0.1, 0.15) is 5.75 Å². The first kappa shape index (κ1) is 12.5. The van der Waals surface area contributed by atoms with Crippen molar-refractivity contribution in [1.82, 2.24) is 0 Å². The molecule has 0 radical (unpaired) electrons. The molecule has 2 nitrogen and oxygen atoms in total. The summed E-state index contributed by atoms with van der Waals surface area (Å²) in [5.41, 5.74) is 1.05. The van der Waals surface area contributed by atoms with E-state index in [0.29, 0.717) is 6.61 Å². The van der Waals surface area contributed by atoms with Crippen LogP contribution in [0.4, 0.5) is 0 Å². The molecular formula is C14H18O2. The van der Waals surface area contributed by atoms with Crippen molar-refractivity contribution in [2.45, 2.75) is 12.5 Å². The molecule has 0 saturated carbocycles. The van der Waals surface area contributed by atoms with Gasteiger partial charge in [-0.3, -0.25) is 0 Å². The molecule has 0 bridgehead atoms.